The molecule has 2 aromatic rings. The van der Waals surface area contributed by atoms with Crippen molar-refractivity contribution in [2.45, 2.75) is 52.5 Å². The summed E-state index contributed by atoms with van der Waals surface area (Å²) in [6.45, 7) is 7.05. The van der Waals surface area contributed by atoms with E-state index in [-0.39, 0.29) is 24.4 Å². The Morgan fingerprint density at radius 1 is 1.10 bits per heavy atom. The molecule has 1 atom stereocenters. The summed E-state index contributed by atoms with van der Waals surface area (Å²) in [6, 6.07) is 13.5. The standard InChI is InChI=1S/C23H32N4O2/c1-4-18(3)27(23(29)26-21-11-9-19(5-2)10-12-21)17-14-22(28)25-16-13-20-8-6-7-15-24-20/h6-12,15,18H,4-5,13-14,16-17H2,1-3H3,(H,25,28)(H,26,29). The van der Waals surface area contributed by atoms with Gasteiger partial charge in [0.2, 0.25) is 5.91 Å². The van der Waals surface area contributed by atoms with Gasteiger partial charge in [0.15, 0.2) is 0 Å². The number of nitrogens with one attached hydrogen (secondary N) is 2. The fraction of sp³-hybridized carbons (Fsp3) is 0.435. The molecule has 0 fully saturated rings. The van der Waals surface area contributed by atoms with E-state index in [0.29, 0.717) is 19.5 Å². The minimum absolute atomic E-state index is 0.0474. The lowest BCUT2D eigenvalue weighted by Crippen LogP contribution is -2.43. The van der Waals surface area contributed by atoms with Crippen molar-refractivity contribution >= 4 is 17.6 Å². The highest BCUT2D eigenvalue weighted by molar-refractivity contribution is 5.90. The molecule has 6 heteroatoms. The maximum atomic E-state index is 12.8. The van der Waals surface area contributed by atoms with E-state index >= 15 is 0 Å². The van der Waals surface area contributed by atoms with Crippen molar-refractivity contribution in [2.24, 2.45) is 0 Å². The van der Waals surface area contributed by atoms with Gasteiger partial charge < -0.3 is 15.5 Å². The Labute approximate surface area is 173 Å². The van der Waals surface area contributed by atoms with Gasteiger partial charge in [-0.25, -0.2) is 4.79 Å². The minimum atomic E-state index is -0.176. The molecule has 6 nitrogen and oxygen atoms in total. The molecule has 156 valence electrons. The molecule has 0 aliphatic carbocycles. The van der Waals surface area contributed by atoms with E-state index in [9.17, 15) is 9.59 Å². The second-order valence-corrected chi connectivity index (χ2v) is 7.10. The van der Waals surface area contributed by atoms with E-state index < -0.39 is 0 Å². The molecule has 1 aromatic carbocycles. The molecule has 0 aliphatic heterocycles. The highest BCUT2D eigenvalue weighted by Gasteiger charge is 2.20. The van der Waals surface area contributed by atoms with E-state index in [1.54, 1.807) is 11.1 Å². The number of rotatable bonds is 10. The summed E-state index contributed by atoms with van der Waals surface area (Å²) in [5.74, 6) is -0.0608. The van der Waals surface area contributed by atoms with Crippen molar-refractivity contribution in [1.82, 2.24) is 15.2 Å². The smallest absolute Gasteiger partial charge is 0.322 e. The van der Waals surface area contributed by atoms with Crippen LogP contribution in [0, 0.1) is 0 Å². The molecule has 1 aromatic heterocycles. The Hall–Kier alpha value is -2.89. The third-order valence-corrected chi connectivity index (χ3v) is 5.01. The van der Waals surface area contributed by atoms with E-state index in [1.165, 1.54) is 5.56 Å². The Morgan fingerprint density at radius 3 is 2.48 bits per heavy atom. The van der Waals surface area contributed by atoms with E-state index in [0.717, 1.165) is 24.2 Å². The first-order chi connectivity index (χ1) is 14.0. The second kappa shape index (κ2) is 11.8. The van der Waals surface area contributed by atoms with Gasteiger partial charge in [-0.15, -0.1) is 0 Å². The molecular formula is C23H32N4O2. The van der Waals surface area contributed by atoms with Gasteiger partial charge >= 0.3 is 6.03 Å². The topological polar surface area (TPSA) is 74.3 Å². The predicted molar refractivity (Wildman–Crippen MR) is 117 cm³/mol. The zero-order chi connectivity index (χ0) is 21.1. The molecule has 0 saturated heterocycles. The lowest BCUT2D eigenvalue weighted by Gasteiger charge is -2.28. The number of carbonyl (C=O) groups is 2. The SMILES string of the molecule is CCc1ccc(NC(=O)N(CCC(=O)NCCc2ccccn2)C(C)CC)cc1. The van der Waals surface area contributed by atoms with Crippen molar-refractivity contribution in [3.05, 3.63) is 59.9 Å². The molecule has 2 N–H and O–H groups in total. The van der Waals surface area contributed by atoms with Gasteiger partial charge in [0.05, 0.1) is 0 Å². The van der Waals surface area contributed by atoms with E-state index in [2.05, 4.69) is 22.5 Å². The van der Waals surface area contributed by atoms with Crippen molar-refractivity contribution < 1.29 is 9.59 Å². The molecule has 1 unspecified atom stereocenters. The molecule has 0 radical (unpaired) electrons. The monoisotopic (exact) mass is 396 g/mol. The summed E-state index contributed by atoms with van der Waals surface area (Å²) in [5.41, 5.74) is 2.94. The Kier molecular flexibility index (Phi) is 9.15. The number of amides is 3. The van der Waals surface area contributed by atoms with Gasteiger partial charge in [-0.2, -0.15) is 0 Å². The quantitative estimate of drug-likeness (QED) is 0.637. The average molecular weight is 397 g/mol. The molecule has 2 rings (SSSR count). The Morgan fingerprint density at radius 2 is 1.86 bits per heavy atom. The fourth-order valence-electron chi connectivity index (χ4n) is 2.95. The highest BCUT2D eigenvalue weighted by atomic mass is 16.2. The number of nitrogens with zero attached hydrogens (tertiary/aromatic N) is 2. The molecular weight excluding hydrogens is 364 g/mol. The first-order valence-electron chi connectivity index (χ1n) is 10.4. The van der Waals surface area contributed by atoms with Crippen molar-refractivity contribution in [1.29, 1.82) is 0 Å². The third kappa shape index (κ3) is 7.56. The number of aryl methyl sites for hydroxylation is 1. The number of benzene rings is 1. The van der Waals surface area contributed by atoms with Crippen LogP contribution in [0.1, 0.15) is 44.9 Å². The van der Waals surface area contributed by atoms with Crippen molar-refractivity contribution in [2.75, 3.05) is 18.4 Å². The zero-order valence-corrected chi connectivity index (χ0v) is 17.6. The average Bonchev–Trinajstić information content (AvgIpc) is 2.75. The molecule has 0 spiro atoms. The molecule has 1 heterocycles. The number of anilines is 1. The van der Waals surface area contributed by atoms with Crippen LogP contribution in [0.5, 0.6) is 0 Å². The normalized spacial score (nSPS) is 11.6. The second-order valence-electron chi connectivity index (χ2n) is 7.10. The fourth-order valence-corrected chi connectivity index (χ4v) is 2.95. The predicted octanol–water partition coefficient (Wildman–Crippen LogP) is 4.03. The number of aromatic nitrogens is 1. The lowest BCUT2D eigenvalue weighted by atomic mass is 10.1. The van der Waals surface area contributed by atoms with Crippen LogP contribution in [0.25, 0.3) is 0 Å². The van der Waals surface area contributed by atoms with Gasteiger partial charge in [-0.05, 0) is 49.6 Å². The Balaban J connectivity index is 1.83. The van der Waals surface area contributed by atoms with Crippen molar-refractivity contribution in [3.63, 3.8) is 0 Å². The van der Waals surface area contributed by atoms with Gasteiger partial charge in [-0.1, -0.05) is 32.0 Å². The summed E-state index contributed by atoms with van der Waals surface area (Å²) in [7, 11) is 0. The first-order valence-corrected chi connectivity index (χ1v) is 10.4. The summed E-state index contributed by atoms with van der Waals surface area (Å²) in [4.78, 5) is 30.9. The number of hydrogen-bond acceptors (Lipinski definition) is 3. The van der Waals surface area contributed by atoms with Crippen LogP contribution in [0.2, 0.25) is 0 Å². The zero-order valence-electron chi connectivity index (χ0n) is 17.6. The maximum Gasteiger partial charge on any atom is 0.322 e. The molecule has 29 heavy (non-hydrogen) atoms. The third-order valence-electron chi connectivity index (χ3n) is 5.01. The van der Waals surface area contributed by atoms with E-state index in [1.807, 2.05) is 56.3 Å². The molecule has 0 bridgehead atoms. The van der Waals surface area contributed by atoms with E-state index in [4.69, 9.17) is 0 Å². The number of carbonyl (C=O) groups excluding carboxylic acids is 2. The van der Waals surface area contributed by atoms with Gasteiger partial charge in [0.25, 0.3) is 0 Å². The van der Waals surface area contributed by atoms with Crippen LogP contribution in [-0.2, 0) is 17.6 Å². The van der Waals surface area contributed by atoms with Crippen molar-refractivity contribution in [3.8, 4) is 0 Å². The largest absolute Gasteiger partial charge is 0.356 e. The van der Waals surface area contributed by atoms with Crippen LogP contribution in [0.4, 0.5) is 10.5 Å². The summed E-state index contributed by atoms with van der Waals surface area (Å²) in [6.07, 6.45) is 4.49. The number of pyridine rings is 1. The summed E-state index contributed by atoms with van der Waals surface area (Å²) < 4.78 is 0. The van der Waals surface area contributed by atoms with Crippen LogP contribution in [-0.4, -0.2) is 41.0 Å². The lowest BCUT2D eigenvalue weighted by molar-refractivity contribution is -0.121. The van der Waals surface area contributed by atoms with Crippen LogP contribution in [0.15, 0.2) is 48.7 Å². The molecule has 0 aliphatic rings. The maximum absolute atomic E-state index is 12.8. The van der Waals surface area contributed by atoms with Gasteiger partial charge in [0, 0.05) is 49.6 Å². The minimum Gasteiger partial charge on any atom is -0.356 e. The van der Waals surface area contributed by atoms with Crippen LogP contribution < -0.4 is 10.6 Å². The Bertz CT molecular complexity index is 762. The molecule has 3 amide bonds. The first kappa shape index (κ1) is 22.4. The summed E-state index contributed by atoms with van der Waals surface area (Å²) in [5, 5.41) is 5.85. The van der Waals surface area contributed by atoms with Crippen LogP contribution in [0.3, 0.4) is 0 Å². The molecule has 0 saturated carbocycles. The highest BCUT2D eigenvalue weighted by Crippen LogP contribution is 2.13. The van der Waals surface area contributed by atoms with Gasteiger partial charge in [0.1, 0.15) is 0 Å². The number of hydrogen-bond donors (Lipinski definition) is 2. The summed E-state index contributed by atoms with van der Waals surface area (Å²) >= 11 is 0. The number of urea groups is 1. The van der Waals surface area contributed by atoms with Crippen LogP contribution >= 0.6 is 0 Å². The van der Waals surface area contributed by atoms with Gasteiger partial charge in [-0.3, -0.25) is 9.78 Å².